The lowest BCUT2D eigenvalue weighted by Gasteiger charge is -2.17. The Balaban J connectivity index is 2.20. The van der Waals surface area contributed by atoms with Crippen LogP contribution in [0.2, 0.25) is 0 Å². The molecule has 0 aliphatic rings. The molecule has 0 aliphatic carbocycles. The second kappa shape index (κ2) is 6.37. The van der Waals surface area contributed by atoms with Crippen molar-refractivity contribution in [2.45, 2.75) is 32.9 Å². The van der Waals surface area contributed by atoms with Crippen molar-refractivity contribution in [3.63, 3.8) is 0 Å². The summed E-state index contributed by atoms with van der Waals surface area (Å²) in [7, 11) is 0. The fourth-order valence-corrected chi connectivity index (χ4v) is 2.19. The maximum absolute atomic E-state index is 13.7. The van der Waals surface area contributed by atoms with Gasteiger partial charge in [0.15, 0.2) is 0 Å². The quantitative estimate of drug-likeness (QED) is 0.904. The maximum atomic E-state index is 13.7. The minimum atomic E-state index is -0.227. The topological polar surface area (TPSA) is 34.0 Å². The number of halogens is 1. The second-order valence-electron chi connectivity index (χ2n) is 4.84. The first-order valence-electron chi connectivity index (χ1n) is 6.83. The summed E-state index contributed by atoms with van der Waals surface area (Å²) < 4.78 is 15.4. The molecule has 0 radical (unpaired) electrons. The Morgan fingerprint density at radius 1 is 1.25 bits per heavy atom. The first kappa shape index (κ1) is 14.3. The van der Waals surface area contributed by atoms with E-state index in [2.05, 4.69) is 5.32 Å². The smallest absolute Gasteiger partial charge is 0.250 e. The van der Waals surface area contributed by atoms with Crippen molar-refractivity contribution in [2.75, 3.05) is 5.32 Å². The summed E-state index contributed by atoms with van der Waals surface area (Å²) >= 11 is 0. The highest BCUT2D eigenvalue weighted by molar-refractivity contribution is 5.43. The number of anilines is 1. The molecule has 1 heterocycles. The van der Waals surface area contributed by atoms with Crippen LogP contribution in [0, 0.1) is 5.82 Å². The molecule has 4 heteroatoms. The molecule has 1 atom stereocenters. The van der Waals surface area contributed by atoms with Crippen molar-refractivity contribution in [2.24, 2.45) is 0 Å². The number of nitrogens with zero attached hydrogens (tertiary/aromatic N) is 1. The molecule has 0 saturated heterocycles. The highest BCUT2D eigenvalue weighted by Crippen LogP contribution is 2.20. The monoisotopic (exact) mass is 274 g/mol. The lowest BCUT2D eigenvalue weighted by molar-refractivity contribution is 0.600. The summed E-state index contributed by atoms with van der Waals surface area (Å²) in [6.07, 6.45) is 2.68. The number of hydrogen-bond donors (Lipinski definition) is 1. The standard InChI is InChI=1S/C16H19FN2O/c1-3-10-19-11-13(8-9-16(19)20)18-12(2)14-6-4-5-7-15(14)17/h4-9,11-12,18H,3,10H2,1-2H3. The molecule has 0 spiro atoms. The van der Waals surface area contributed by atoms with Crippen LogP contribution in [0.25, 0.3) is 0 Å². The van der Waals surface area contributed by atoms with Crippen LogP contribution in [-0.4, -0.2) is 4.57 Å². The van der Waals surface area contributed by atoms with Crippen molar-refractivity contribution in [1.82, 2.24) is 4.57 Å². The summed E-state index contributed by atoms with van der Waals surface area (Å²) in [5.74, 6) is -0.227. The van der Waals surface area contributed by atoms with Crippen LogP contribution >= 0.6 is 0 Å². The van der Waals surface area contributed by atoms with Crippen molar-refractivity contribution >= 4 is 5.69 Å². The molecule has 20 heavy (non-hydrogen) atoms. The average Bonchev–Trinajstić information content (AvgIpc) is 2.43. The number of pyridine rings is 1. The fraction of sp³-hybridized carbons (Fsp3) is 0.312. The Kier molecular flexibility index (Phi) is 4.56. The molecular weight excluding hydrogens is 255 g/mol. The van der Waals surface area contributed by atoms with Gasteiger partial charge >= 0.3 is 0 Å². The van der Waals surface area contributed by atoms with Crippen molar-refractivity contribution in [3.8, 4) is 0 Å². The van der Waals surface area contributed by atoms with E-state index < -0.39 is 0 Å². The van der Waals surface area contributed by atoms with Crippen LogP contribution in [0.15, 0.2) is 47.4 Å². The molecule has 0 bridgehead atoms. The van der Waals surface area contributed by atoms with Gasteiger partial charge in [-0.1, -0.05) is 25.1 Å². The zero-order valence-electron chi connectivity index (χ0n) is 11.8. The van der Waals surface area contributed by atoms with E-state index in [1.54, 1.807) is 29.0 Å². The summed E-state index contributed by atoms with van der Waals surface area (Å²) in [6, 6.07) is 9.80. The van der Waals surface area contributed by atoms with E-state index in [1.807, 2.05) is 19.9 Å². The number of nitrogens with one attached hydrogen (secondary N) is 1. The third kappa shape index (κ3) is 3.26. The first-order chi connectivity index (χ1) is 9.61. The molecule has 106 valence electrons. The summed E-state index contributed by atoms with van der Waals surface area (Å²) in [5, 5.41) is 3.23. The molecular formula is C16H19FN2O. The Morgan fingerprint density at radius 3 is 2.70 bits per heavy atom. The molecule has 0 aliphatic heterocycles. The first-order valence-corrected chi connectivity index (χ1v) is 6.83. The van der Waals surface area contributed by atoms with Gasteiger partial charge < -0.3 is 9.88 Å². The van der Waals surface area contributed by atoms with Gasteiger partial charge in [-0.05, 0) is 25.5 Å². The van der Waals surface area contributed by atoms with Crippen molar-refractivity contribution in [1.29, 1.82) is 0 Å². The molecule has 0 amide bonds. The molecule has 2 aromatic rings. The van der Waals surface area contributed by atoms with Gasteiger partial charge in [-0.15, -0.1) is 0 Å². The van der Waals surface area contributed by atoms with Crippen LogP contribution in [-0.2, 0) is 6.54 Å². The van der Waals surface area contributed by atoms with Crippen LogP contribution in [0.5, 0.6) is 0 Å². The van der Waals surface area contributed by atoms with E-state index in [1.165, 1.54) is 12.1 Å². The highest BCUT2D eigenvalue weighted by Gasteiger charge is 2.10. The van der Waals surface area contributed by atoms with Gasteiger partial charge in [0.1, 0.15) is 5.82 Å². The third-order valence-electron chi connectivity index (χ3n) is 3.20. The van der Waals surface area contributed by atoms with Gasteiger partial charge in [-0.2, -0.15) is 0 Å². The number of rotatable bonds is 5. The van der Waals surface area contributed by atoms with E-state index in [0.717, 1.165) is 12.1 Å². The minimum absolute atomic E-state index is 0.0176. The average molecular weight is 274 g/mol. The van der Waals surface area contributed by atoms with Crippen LogP contribution < -0.4 is 10.9 Å². The van der Waals surface area contributed by atoms with E-state index in [-0.39, 0.29) is 17.4 Å². The Labute approximate surface area is 118 Å². The lowest BCUT2D eigenvalue weighted by Crippen LogP contribution is -2.19. The zero-order chi connectivity index (χ0) is 14.5. The normalized spacial score (nSPS) is 12.2. The van der Waals surface area contributed by atoms with Crippen molar-refractivity contribution in [3.05, 3.63) is 64.3 Å². The Morgan fingerprint density at radius 2 is 2.00 bits per heavy atom. The summed E-state index contributed by atoms with van der Waals surface area (Å²) in [4.78, 5) is 11.6. The van der Waals surface area contributed by atoms with E-state index in [9.17, 15) is 9.18 Å². The molecule has 1 aromatic carbocycles. The fourth-order valence-electron chi connectivity index (χ4n) is 2.19. The van der Waals surface area contributed by atoms with Gasteiger partial charge in [0.05, 0.1) is 11.7 Å². The lowest BCUT2D eigenvalue weighted by atomic mass is 10.1. The molecule has 1 N–H and O–H groups in total. The summed E-state index contributed by atoms with van der Waals surface area (Å²) in [6.45, 7) is 4.60. The maximum Gasteiger partial charge on any atom is 0.250 e. The predicted molar refractivity (Wildman–Crippen MR) is 79.4 cm³/mol. The van der Waals surface area contributed by atoms with Gasteiger partial charge in [0, 0.05) is 24.4 Å². The molecule has 2 rings (SSSR count). The predicted octanol–water partition coefficient (Wildman–Crippen LogP) is 3.57. The van der Waals surface area contributed by atoms with Crippen LogP contribution in [0.1, 0.15) is 31.9 Å². The molecule has 1 aromatic heterocycles. The molecule has 0 fully saturated rings. The SMILES string of the molecule is CCCn1cc(NC(C)c2ccccc2F)ccc1=O. The zero-order valence-corrected chi connectivity index (χ0v) is 11.8. The Hall–Kier alpha value is -2.10. The molecule has 0 saturated carbocycles. The van der Waals surface area contributed by atoms with E-state index >= 15 is 0 Å². The molecule has 1 unspecified atom stereocenters. The van der Waals surface area contributed by atoms with Crippen LogP contribution in [0.4, 0.5) is 10.1 Å². The van der Waals surface area contributed by atoms with Gasteiger partial charge in [0.25, 0.3) is 5.56 Å². The number of aryl methyl sites for hydroxylation is 1. The third-order valence-corrected chi connectivity index (χ3v) is 3.20. The summed E-state index contributed by atoms with van der Waals surface area (Å²) in [5.41, 5.74) is 1.41. The van der Waals surface area contributed by atoms with Gasteiger partial charge in [-0.25, -0.2) is 4.39 Å². The van der Waals surface area contributed by atoms with Crippen molar-refractivity contribution < 1.29 is 4.39 Å². The number of hydrogen-bond acceptors (Lipinski definition) is 2. The minimum Gasteiger partial charge on any atom is -0.377 e. The van der Waals surface area contributed by atoms with E-state index in [4.69, 9.17) is 0 Å². The largest absolute Gasteiger partial charge is 0.377 e. The Bertz CT molecular complexity index is 636. The van der Waals surface area contributed by atoms with Gasteiger partial charge in [0.2, 0.25) is 0 Å². The van der Waals surface area contributed by atoms with Gasteiger partial charge in [-0.3, -0.25) is 4.79 Å². The molecule has 3 nitrogen and oxygen atoms in total. The van der Waals surface area contributed by atoms with Crippen LogP contribution in [0.3, 0.4) is 0 Å². The number of aromatic nitrogens is 1. The van der Waals surface area contributed by atoms with E-state index in [0.29, 0.717) is 12.1 Å². The number of benzene rings is 1. The highest BCUT2D eigenvalue weighted by atomic mass is 19.1. The second-order valence-corrected chi connectivity index (χ2v) is 4.84.